The van der Waals surface area contributed by atoms with Crippen LogP contribution >= 0.6 is 23.2 Å². The Balaban J connectivity index is 1.68. The van der Waals surface area contributed by atoms with Crippen molar-refractivity contribution in [3.05, 3.63) is 40.0 Å². The van der Waals surface area contributed by atoms with E-state index in [1.807, 2.05) is 0 Å². The van der Waals surface area contributed by atoms with E-state index in [1.54, 1.807) is 19.1 Å². The second-order valence-electron chi connectivity index (χ2n) is 5.47. The fraction of sp³-hybridized carbons (Fsp3) is 0.429. The van der Waals surface area contributed by atoms with E-state index >= 15 is 0 Å². The molecule has 3 rings (SSSR count). The van der Waals surface area contributed by atoms with Crippen molar-refractivity contribution >= 4 is 33.2 Å². The molecule has 1 aliphatic rings. The van der Waals surface area contributed by atoms with Crippen LogP contribution in [0, 0.1) is 6.92 Å². The van der Waals surface area contributed by atoms with Gasteiger partial charge in [-0.15, -0.1) is 0 Å². The van der Waals surface area contributed by atoms with Gasteiger partial charge in [0.2, 0.25) is 15.9 Å². The summed E-state index contributed by atoms with van der Waals surface area (Å²) < 4.78 is 32.0. The second-order valence-corrected chi connectivity index (χ2v) is 8.16. The van der Waals surface area contributed by atoms with Crippen molar-refractivity contribution in [1.29, 1.82) is 0 Å². The van der Waals surface area contributed by atoms with Gasteiger partial charge in [0, 0.05) is 26.2 Å². The maximum Gasteiger partial charge on any atom is 0.244 e. The second kappa shape index (κ2) is 6.97. The maximum atomic E-state index is 12.8. The number of nitrogens with zero attached hydrogens (tertiary/aromatic N) is 4. The van der Waals surface area contributed by atoms with Crippen LogP contribution in [0.15, 0.2) is 27.6 Å². The molecule has 1 aromatic heterocycles. The molecule has 130 valence electrons. The molecule has 2 heterocycles. The van der Waals surface area contributed by atoms with Gasteiger partial charge in [-0.2, -0.15) is 9.29 Å². The van der Waals surface area contributed by atoms with Gasteiger partial charge in [0.25, 0.3) is 0 Å². The molecule has 0 radical (unpaired) electrons. The van der Waals surface area contributed by atoms with Gasteiger partial charge < -0.3 is 4.52 Å². The standard InChI is InChI=1S/C14H16Cl2N4O3S/c1-10-17-13(23-18-10)9-19-5-7-20(8-6-19)24(21,22)12-4-2-3-11(15)14(12)16/h2-4H,5-9H2,1H3. The lowest BCUT2D eigenvalue weighted by molar-refractivity contribution is 0.163. The first-order chi connectivity index (χ1) is 11.4. The van der Waals surface area contributed by atoms with Crippen molar-refractivity contribution < 1.29 is 12.9 Å². The van der Waals surface area contributed by atoms with Crippen LogP contribution in [0.5, 0.6) is 0 Å². The van der Waals surface area contributed by atoms with E-state index in [2.05, 4.69) is 15.0 Å². The van der Waals surface area contributed by atoms with E-state index in [9.17, 15) is 8.42 Å². The van der Waals surface area contributed by atoms with Gasteiger partial charge in [-0.3, -0.25) is 4.90 Å². The quantitative estimate of drug-likeness (QED) is 0.795. The molecule has 0 atom stereocenters. The van der Waals surface area contributed by atoms with Gasteiger partial charge >= 0.3 is 0 Å². The summed E-state index contributed by atoms with van der Waals surface area (Å²) in [4.78, 5) is 6.27. The normalized spacial score (nSPS) is 17.3. The zero-order chi connectivity index (χ0) is 17.3. The average Bonchev–Trinajstić information content (AvgIpc) is 2.95. The highest BCUT2D eigenvalue weighted by atomic mass is 35.5. The summed E-state index contributed by atoms with van der Waals surface area (Å²) in [5.74, 6) is 1.11. The minimum absolute atomic E-state index is 0.0395. The summed E-state index contributed by atoms with van der Waals surface area (Å²) in [5, 5.41) is 4.03. The molecule has 1 fully saturated rings. The van der Waals surface area contributed by atoms with Crippen LogP contribution < -0.4 is 0 Å². The third-order valence-corrected chi connectivity index (χ3v) is 6.67. The smallest absolute Gasteiger partial charge is 0.244 e. The zero-order valence-corrected chi connectivity index (χ0v) is 15.3. The summed E-state index contributed by atoms with van der Waals surface area (Å²) in [6, 6.07) is 4.61. The molecule has 0 amide bonds. The first-order valence-electron chi connectivity index (χ1n) is 7.33. The number of sulfonamides is 1. The van der Waals surface area contributed by atoms with Crippen LogP contribution in [-0.2, 0) is 16.6 Å². The van der Waals surface area contributed by atoms with Gasteiger partial charge in [-0.1, -0.05) is 34.4 Å². The molecule has 0 spiro atoms. The molecule has 0 aliphatic carbocycles. The third kappa shape index (κ3) is 3.57. The summed E-state index contributed by atoms with van der Waals surface area (Å²) in [6.45, 7) is 4.12. The molecule has 1 aliphatic heterocycles. The lowest BCUT2D eigenvalue weighted by atomic mass is 10.3. The molecule has 0 saturated carbocycles. The number of aromatic nitrogens is 2. The van der Waals surface area contributed by atoms with Crippen LogP contribution in [0.3, 0.4) is 0 Å². The minimum atomic E-state index is -3.67. The number of hydrogen-bond acceptors (Lipinski definition) is 6. The van der Waals surface area contributed by atoms with Crippen molar-refractivity contribution in [3.8, 4) is 0 Å². The van der Waals surface area contributed by atoms with Gasteiger partial charge in [0.1, 0.15) is 4.90 Å². The molecule has 0 bridgehead atoms. The fourth-order valence-corrected chi connectivity index (χ4v) is 4.70. The minimum Gasteiger partial charge on any atom is -0.338 e. The number of piperazine rings is 1. The number of benzene rings is 1. The largest absolute Gasteiger partial charge is 0.338 e. The van der Waals surface area contributed by atoms with E-state index in [-0.39, 0.29) is 14.9 Å². The Morgan fingerprint density at radius 2 is 1.92 bits per heavy atom. The van der Waals surface area contributed by atoms with E-state index in [4.69, 9.17) is 27.7 Å². The molecule has 1 saturated heterocycles. The Morgan fingerprint density at radius 1 is 1.21 bits per heavy atom. The third-order valence-electron chi connectivity index (χ3n) is 3.79. The van der Waals surface area contributed by atoms with Crippen molar-refractivity contribution in [2.75, 3.05) is 26.2 Å². The molecule has 0 unspecified atom stereocenters. The fourth-order valence-electron chi connectivity index (χ4n) is 2.55. The van der Waals surface area contributed by atoms with Gasteiger partial charge in [-0.25, -0.2) is 8.42 Å². The highest BCUT2D eigenvalue weighted by molar-refractivity contribution is 7.89. The van der Waals surface area contributed by atoms with Crippen molar-refractivity contribution in [2.24, 2.45) is 0 Å². The highest BCUT2D eigenvalue weighted by Crippen LogP contribution is 2.31. The summed E-state index contributed by atoms with van der Waals surface area (Å²) in [5.41, 5.74) is 0. The monoisotopic (exact) mass is 390 g/mol. The van der Waals surface area contributed by atoms with Gasteiger partial charge in [0.15, 0.2) is 5.82 Å². The van der Waals surface area contributed by atoms with Crippen molar-refractivity contribution in [2.45, 2.75) is 18.4 Å². The SMILES string of the molecule is Cc1noc(CN2CCN(S(=O)(=O)c3cccc(Cl)c3Cl)CC2)n1. The molecular weight excluding hydrogens is 375 g/mol. The van der Waals surface area contributed by atoms with Gasteiger partial charge in [0.05, 0.1) is 16.6 Å². The van der Waals surface area contributed by atoms with E-state index < -0.39 is 10.0 Å². The molecule has 1 aromatic carbocycles. The topological polar surface area (TPSA) is 79.5 Å². The predicted octanol–water partition coefficient (Wildman–Crippen LogP) is 2.19. The first kappa shape index (κ1) is 17.6. The number of rotatable bonds is 4. The highest BCUT2D eigenvalue weighted by Gasteiger charge is 2.31. The number of hydrogen-bond donors (Lipinski definition) is 0. The number of halogens is 2. The van der Waals surface area contributed by atoms with E-state index in [0.29, 0.717) is 44.4 Å². The average molecular weight is 391 g/mol. The van der Waals surface area contributed by atoms with Crippen LogP contribution in [0.25, 0.3) is 0 Å². The Morgan fingerprint density at radius 3 is 2.54 bits per heavy atom. The van der Waals surface area contributed by atoms with Crippen molar-refractivity contribution in [3.63, 3.8) is 0 Å². The lowest BCUT2D eigenvalue weighted by Crippen LogP contribution is -2.48. The lowest BCUT2D eigenvalue weighted by Gasteiger charge is -2.33. The number of aryl methyl sites for hydroxylation is 1. The van der Waals surface area contributed by atoms with Crippen LogP contribution in [0.2, 0.25) is 10.0 Å². The molecule has 2 aromatic rings. The van der Waals surface area contributed by atoms with Crippen LogP contribution in [-0.4, -0.2) is 53.9 Å². The predicted molar refractivity (Wildman–Crippen MR) is 89.5 cm³/mol. The van der Waals surface area contributed by atoms with Crippen molar-refractivity contribution in [1.82, 2.24) is 19.3 Å². The Labute approximate surface area is 150 Å². The van der Waals surface area contributed by atoms with E-state index in [1.165, 1.54) is 10.4 Å². The molecular formula is C14H16Cl2N4O3S. The molecule has 24 heavy (non-hydrogen) atoms. The van der Waals surface area contributed by atoms with Crippen LogP contribution in [0.4, 0.5) is 0 Å². The Hall–Kier alpha value is -1.19. The van der Waals surface area contributed by atoms with Gasteiger partial charge in [-0.05, 0) is 19.1 Å². The first-order valence-corrected chi connectivity index (χ1v) is 9.53. The Kier molecular flexibility index (Phi) is 5.12. The molecule has 10 heteroatoms. The summed E-state index contributed by atoms with van der Waals surface area (Å²) in [6.07, 6.45) is 0. The molecule has 7 nitrogen and oxygen atoms in total. The van der Waals surface area contributed by atoms with E-state index in [0.717, 1.165) is 0 Å². The summed E-state index contributed by atoms with van der Waals surface area (Å²) >= 11 is 12.0. The maximum absolute atomic E-state index is 12.8. The zero-order valence-electron chi connectivity index (χ0n) is 12.9. The Bertz CT molecular complexity index is 832. The summed E-state index contributed by atoms with van der Waals surface area (Å²) in [7, 11) is -3.67. The van der Waals surface area contributed by atoms with Crippen LogP contribution in [0.1, 0.15) is 11.7 Å². The molecule has 0 N–H and O–H groups in total.